The van der Waals surface area contributed by atoms with Crippen molar-refractivity contribution in [2.45, 2.75) is 131 Å². The van der Waals surface area contributed by atoms with Crippen molar-refractivity contribution in [3.05, 3.63) is 69.4 Å². The summed E-state index contributed by atoms with van der Waals surface area (Å²) >= 11 is 0. The van der Waals surface area contributed by atoms with Crippen molar-refractivity contribution in [1.29, 1.82) is 0 Å². The van der Waals surface area contributed by atoms with E-state index in [1.807, 2.05) is 0 Å². The summed E-state index contributed by atoms with van der Waals surface area (Å²) in [6.45, 7) is 34.1. The third kappa shape index (κ3) is 13.4. The number of nitrogens with zero attached hydrogens (tertiary/aromatic N) is 3. The molecule has 7 heteroatoms. The Morgan fingerprint density at radius 1 is 0.881 bits per heavy atom. The van der Waals surface area contributed by atoms with Crippen LogP contribution in [0.3, 0.4) is 0 Å². The van der Waals surface area contributed by atoms with Crippen LogP contribution in [-0.2, 0) is 43.4 Å². The van der Waals surface area contributed by atoms with Crippen LogP contribution in [0.15, 0.2) is 42.5 Å². The molecule has 0 radical (unpaired) electrons. The summed E-state index contributed by atoms with van der Waals surface area (Å²) in [5.74, 6) is 0.224. The largest absolute Gasteiger partial charge is 2.00 e. The van der Waals surface area contributed by atoms with Crippen LogP contribution in [-0.4, -0.2) is 51.9 Å². The van der Waals surface area contributed by atoms with E-state index in [1.165, 1.54) is 30.5 Å². The molecule has 4 nitrogen and oxygen atoms in total. The second-order valence-electron chi connectivity index (χ2n) is 16.0. The van der Waals surface area contributed by atoms with Crippen molar-refractivity contribution >= 4 is 16.5 Å². The van der Waals surface area contributed by atoms with Crippen LogP contribution in [0, 0.1) is 0 Å². The molecule has 2 aromatic carbocycles. The number of benzene rings is 2. The summed E-state index contributed by atoms with van der Waals surface area (Å²) < 4.78 is 4.82. The van der Waals surface area contributed by atoms with Gasteiger partial charge in [0, 0.05) is 25.7 Å². The molecule has 0 aromatic heterocycles. The summed E-state index contributed by atoms with van der Waals surface area (Å²) in [4.78, 5) is 5.10. The average molecular weight is 661 g/mol. The molecule has 0 unspecified atom stereocenters. The molecule has 0 N–H and O–H groups in total. The van der Waals surface area contributed by atoms with Crippen molar-refractivity contribution in [1.82, 2.24) is 9.80 Å². The first-order valence-electron chi connectivity index (χ1n) is 15.8. The number of rotatable bonds is 9. The quantitative estimate of drug-likeness (QED) is 0.252. The van der Waals surface area contributed by atoms with E-state index >= 15 is 0 Å². The molecular formula is C35H61N3OSi2Zn. The third-order valence-corrected chi connectivity index (χ3v) is 12.9. The summed E-state index contributed by atoms with van der Waals surface area (Å²) in [5.41, 5.74) is 4.30. The van der Waals surface area contributed by atoms with Crippen LogP contribution in [0.4, 0.5) is 0 Å². The van der Waals surface area contributed by atoms with E-state index < -0.39 is 16.5 Å². The van der Waals surface area contributed by atoms with Gasteiger partial charge >= 0.3 is 19.5 Å². The topological polar surface area (TPSA) is 43.6 Å². The molecule has 2 aromatic rings. The minimum absolute atomic E-state index is 0. The van der Waals surface area contributed by atoms with Gasteiger partial charge in [-0.25, -0.2) is 0 Å². The summed E-state index contributed by atoms with van der Waals surface area (Å²) in [7, 11) is -2.21. The molecule has 1 atom stereocenters. The van der Waals surface area contributed by atoms with E-state index in [0.717, 1.165) is 30.8 Å². The molecule has 0 spiro atoms. The van der Waals surface area contributed by atoms with Crippen LogP contribution in [0.25, 0.3) is 4.65 Å². The molecule has 1 aliphatic heterocycles. The number of hydrogen-bond acceptors (Lipinski definition) is 3. The molecule has 0 saturated carbocycles. The maximum absolute atomic E-state index is 13.6. The Bertz CT molecular complexity index is 1070. The van der Waals surface area contributed by atoms with E-state index in [1.54, 1.807) is 0 Å². The molecule has 232 valence electrons. The van der Waals surface area contributed by atoms with Gasteiger partial charge in [-0.1, -0.05) is 147 Å². The summed E-state index contributed by atoms with van der Waals surface area (Å²) in [5, 5.41) is 13.6. The van der Waals surface area contributed by atoms with E-state index in [2.05, 4.69) is 140 Å². The Labute approximate surface area is 275 Å². The molecule has 3 rings (SSSR count). The Hall–Kier alpha value is -0.823. The van der Waals surface area contributed by atoms with Gasteiger partial charge in [-0.15, -0.1) is 5.75 Å². The van der Waals surface area contributed by atoms with Crippen LogP contribution in [0.5, 0.6) is 5.75 Å². The normalized spacial score (nSPS) is 16.7. The molecule has 1 fully saturated rings. The maximum atomic E-state index is 13.6. The van der Waals surface area contributed by atoms with Crippen LogP contribution < -0.4 is 5.11 Å². The fourth-order valence-corrected chi connectivity index (χ4v) is 13.9. The summed E-state index contributed by atoms with van der Waals surface area (Å²) in [6.07, 6.45) is 2.52. The molecule has 1 aliphatic rings. The molecule has 42 heavy (non-hydrogen) atoms. The van der Waals surface area contributed by atoms with E-state index in [9.17, 15) is 5.11 Å². The Balaban J connectivity index is 0.000000765. The van der Waals surface area contributed by atoms with Crippen molar-refractivity contribution in [2.75, 3.05) is 19.6 Å². The standard InChI is InChI=1S/C29H44N2O.C6H18NSi2.Zn/c1-8-31-16-12-15-25(31)21-30(19-22-13-10-9-11-14-22)20-23-17-24(28(2,3)4)18-26(27(23)32)29(5,6)7;1-8(2,3)7-9(4,5)6;/h9-11,13-14,17-18,25,32H,8,12,15-16,19-21H2,1-7H3;1-6H3;/q;-1;+2/p-1/t25-;;/m0../s1. The first-order valence-corrected chi connectivity index (χ1v) is 22.7. The minimum Gasteiger partial charge on any atom is -0.872 e. The van der Waals surface area contributed by atoms with Gasteiger partial charge in [-0.05, 0) is 59.0 Å². The second kappa shape index (κ2) is 16.0. The zero-order chi connectivity index (χ0) is 31.2. The molecule has 0 aliphatic carbocycles. The first-order chi connectivity index (χ1) is 18.7. The molecule has 0 amide bonds. The number of likely N-dealkylation sites (N-methyl/N-ethyl adjacent to an activating group) is 1. The first kappa shape index (κ1) is 39.2. The van der Waals surface area contributed by atoms with Crippen molar-refractivity contribution < 1.29 is 24.6 Å². The third-order valence-electron chi connectivity index (χ3n) is 7.53. The fourth-order valence-electron chi connectivity index (χ4n) is 5.89. The van der Waals surface area contributed by atoms with Gasteiger partial charge in [0.25, 0.3) is 0 Å². The van der Waals surface area contributed by atoms with E-state index in [-0.39, 0.29) is 36.1 Å². The van der Waals surface area contributed by atoms with Crippen LogP contribution in [0.1, 0.15) is 83.6 Å². The van der Waals surface area contributed by atoms with Gasteiger partial charge in [0.2, 0.25) is 0 Å². The van der Waals surface area contributed by atoms with Gasteiger partial charge in [0.1, 0.15) is 0 Å². The molecular weight excluding hydrogens is 600 g/mol. The number of hydrogen-bond donors (Lipinski definition) is 0. The van der Waals surface area contributed by atoms with Crippen LogP contribution in [0.2, 0.25) is 39.3 Å². The Kier molecular flexibility index (Phi) is 14.9. The van der Waals surface area contributed by atoms with Gasteiger partial charge in [-0.2, -0.15) is 0 Å². The van der Waals surface area contributed by atoms with E-state index in [4.69, 9.17) is 4.65 Å². The molecule has 0 bridgehead atoms. The number of likely N-dealkylation sites (tertiary alicyclic amines) is 1. The van der Waals surface area contributed by atoms with Crippen molar-refractivity contribution in [3.8, 4) is 5.75 Å². The van der Waals surface area contributed by atoms with Gasteiger partial charge in [0.15, 0.2) is 0 Å². The Morgan fingerprint density at radius 3 is 1.90 bits per heavy atom. The predicted molar refractivity (Wildman–Crippen MR) is 184 cm³/mol. The van der Waals surface area contributed by atoms with E-state index in [0.29, 0.717) is 12.6 Å². The summed E-state index contributed by atoms with van der Waals surface area (Å²) in [6, 6.07) is 15.6. The zero-order valence-corrected chi connectivity index (χ0v) is 34.5. The Morgan fingerprint density at radius 2 is 1.45 bits per heavy atom. The molecule has 1 heterocycles. The second-order valence-corrected chi connectivity index (χ2v) is 25.6. The van der Waals surface area contributed by atoms with Crippen molar-refractivity contribution in [3.63, 3.8) is 0 Å². The zero-order valence-electron chi connectivity index (χ0n) is 29.5. The van der Waals surface area contributed by atoms with Gasteiger partial charge < -0.3 is 9.75 Å². The van der Waals surface area contributed by atoms with Gasteiger partial charge in [-0.3, -0.25) is 9.80 Å². The van der Waals surface area contributed by atoms with Gasteiger partial charge in [0.05, 0.1) is 0 Å². The smallest absolute Gasteiger partial charge is 0.872 e. The monoisotopic (exact) mass is 659 g/mol. The minimum atomic E-state index is -1.11. The predicted octanol–water partition coefficient (Wildman–Crippen LogP) is 8.87. The fraction of sp³-hybridized carbons (Fsp3) is 0.657. The van der Waals surface area contributed by atoms with Crippen molar-refractivity contribution in [2.24, 2.45) is 0 Å². The molecule has 1 saturated heterocycles. The maximum Gasteiger partial charge on any atom is 2.00 e. The average Bonchev–Trinajstić information content (AvgIpc) is 3.24. The SMILES string of the molecule is CCN1CCC[C@H]1CN(Cc1ccccc1)Cc1cc(C(C)(C)C)cc(C(C)(C)C)c1[O-].C[Si](C)(C)[N-][Si](C)(C)C.[Zn+2]. The van der Waals surface area contributed by atoms with Crippen LogP contribution >= 0.6 is 0 Å².